The second-order valence-electron chi connectivity index (χ2n) is 5.57. The molecule has 3 aromatic heterocycles. The van der Waals surface area contributed by atoms with Crippen molar-refractivity contribution in [1.29, 1.82) is 0 Å². The Balaban J connectivity index is 1.64. The summed E-state index contributed by atoms with van der Waals surface area (Å²) < 4.78 is 5.45. The minimum absolute atomic E-state index is 0.113. The van der Waals surface area contributed by atoms with Gasteiger partial charge in [-0.3, -0.25) is 14.8 Å². The van der Waals surface area contributed by atoms with Crippen LogP contribution in [0.4, 0.5) is 0 Å². The molecule has 0 spiro atoms. The largest absolute Gasteiger partial charge is 0.464 e. The molecule has 0 aliphatic rings. The molecule has 0 saturated carbocycles. The van der Waals surface area contributed by atoms with Crippen molar-refractivity contribution in [3.05, 3.63) is 84.5 Å². The first kappa shape index (κ1) is 15.1. The number of furan rings is 1. The number of amides is 1. The van der Waals surface area contributed by atoms with Crippen LogP contribution in [-0.4, -0.2) is 15.9 Å². The number of benzene rings is 1. The van der Waals surface area contributed by atoms with Gasteiger partial charge in [0.05, 0.1) is 12.0 Å². The second kappa shape index (κ2) is 6.57. The number of aromatic nitrogens is 2. The predicted molar refractivity (Wildman–Crippen MR) is 94.9 cm³/mol. The van der Waals surface area contributed by atoms with E-state index in [4.69, 9.17) is 4.42 Å². The van der Waals surface area contributed by atoms with E-state index < -0.39 is 0 Å². The molecule has 0 radical (unpaired) electrons. The molecular weight excluding hydrogens is 314 g/mol. The number of pyridine rings is 2. The third-order valence-corrected chi connectivity index (χ3v) is 4.02. The first-order valence-corrected chi connectivity index (χ1v) is 7.91. The van der Waals surface area contributed by atoms with Crippen LogP contribution in [0.2, 0.25) is 0 Å². The maximum absolute atomic E-state index is 12.3. The summed E-state index contributed by atoms with van der Waals surface area (Å²) in [6.45, 7) is 0.390. The topological polar surface area (TPSA) is 68.0 Å². The minimum atomic E-state index is -0.113. The van der Waals surface area contributed by atoms with Crippen LogP contribution < -0.4 is 5.32 Å². The quantitative estimate of drug-likeness (QED) is 0.618. The average Bonchev–Trinajstić information content (AvgIpc) is 3.16. The molecular formula is C20H15N3O2. The molecule has 0 fully saturated rings. The van der Waals surface area contributed by atoms with Gasteiger partial charge in [-0.15, -0.1) is 0 Å². The molecule has 1 aromatic carbocycles. The standard InChI is InChI=1S/C20H15N3O2/c24-20(14-4-2-1-3-5-14)23-12-15-6-9-21-13-17(15)19-16-8-11-25-18(16)7-10-22-19/h1-11,13H,12H2,(H,23,24). The van der Waals surface area contributed by atoms with Gasteiger partial charge in [0.2, 0.25) is 0 Å². The van der Waals surface area contributed by atoms with Crippen molar-refractivity contribution in [3.8, 4) is 11.3 Å². The summed E-state index contributed by atoms with van der Waals surface area (Å²) in [6.07, 6.45) is 6.82. The van der Waals surface area contributed by atoms with Crippen LogP contribution in [0.15, 0.2) is 77.8 Å². The van der Waals surface area contributed by atoms with Crippen LogP contribution in [-0.2, 0) is 6.54 Å². The highest BCUT2D eigenvalue weighted by Crippen LogP contribution is 2.29. The molecule has 25 heavy (non-hydrogen) atoms. The molecule has 4 aromatic rings. The summed E-state index contributed by atoms with van der Waals surface area (Å²) in [5.41, 5.74) is 4.02. The summed E-state index contributed by atoms with van der Waals surface area (Å²) >= 11 is 0. The highest BCUT2D eigenvalue weighted by Gasteiger charge is 2.13. The number of nitrogens with zero attached hydrogens (tertiary/aromatic N) is 2. The lowest BCUT2D eigenvalue weighted by Gasteiger charge is -2.10. The van der Waals surface area contributed by atoms with Crippen molar-refractivity contribution in [3.63, 3.8) is 0 Å². The van der Waals surface area contributed by atoms with E-state index in [0.29, 0.717) is 12.1 Å². The smallest absolute Gasteiger partial charge is 0.251 e. The van der Waals surface area contributed by atoms with Crippen LogP contribution in [0.1, 0.15) is 15.9 Å². The molecule has 0 aliphatic carbocycles. The molecule has 0 atom stereocenters. The lowest BCUT2D eigenvalue weighted by Crippen LogP contribution is -2.23. The van der Waals surface area contributed by atoms with Crippen LogP contribution in [0.3, 0.4) is 0 Å². The van der Waals surface area contributed by atoms with Crippen molar-refractivity contribution in [2.24, 2.45) is 0 Å². The molecule has 1 amide bonds. The Morgan fingerprint density at radius 3 is 2.80 bits per heavy atom. The SMILES string of the molecule is O=C(NCc1ccncc1-c1nccc2occc12)c1ccccc1. The summed E-state index contributed by atoms with van der Waals surface area (Å²) in [6, 6.07) is 14.7. The molecule has 0 bridgehead atoms. The molecule has 3 heterocycles. The number of hydrogen-bond donors (Lipinski definition) is 1. The Bertz CT molecular complexity index is 1030. The third-order valence-electron chi connectivity index (χ3n) is 4.02. The number of nitrogens with one attached hydrogen (secondary N) is 1. The minimum Gasteiger partial charge on any atom is -0.464 e. The number of carbonyl (C=O) groups excluding carboxylic acids is 1. The van der Waals surface area contributed by atoms with E-state index in [0.717, 1.165) is 27.8 Å². The van der Waals surface area contributed by atoms with Crippen LogP contribution in [0.5, 0.6) is 0 Å². The van der Waals surface area contributed by atoms with Crippen LogP contribution in [0.25, 0.3) is 22.2 Å². The highest BCUT2D eigenvalue weighted by molar-refractivity contribution is 5.94. The van der Waals surface area contributed by atoms with Crippen molar-refractivity contribution in [2.45, 2.75) is 6.54 Å². The zero-order valence-corrected chi connectivity index (χ0v) is 13.3. The van der Waals surface area contributed by atoms with Gasteiger partial charge < -0.3 is 9.73 Å². The Labute approximate surface area is 144 Å². The monoisotopic (exact) mass is 329 g/mol. The molecule has 5 heteroatoms. The Morgan fingerprint density at radius 2 is 1.92 bits per heavy atom. The fourth-order valence-corrected chi connectivity index (χ4v) is 2.77. The molecule has 0 aliphatic heterocycles. The van der Waals surface area contributed by atoms with Gasteiger partial charge in [0.25, 0.3) is 5.91 Å². The van der Waals surface area contributed by atoms with Gasteiger partial charge in [0.15, 0.2) is 0 Å². The fraction of sp³-hybridized carbons (Fsp3) is 0.0500. The van der Waals surface area contributed by atoms with Gasteiger partial charge in [-0.2, -0.15) is 0 Å². The molecule has 0 saturated heterocycles. The van der Waals surface area contributed by atoms with E-state index >= 15 is 0 Å². The Morgan fingerprint density at radius 1 is 1.04 bits per heavy atom. The summed E-state index contributed by atoms with van der Waals surface area (Å²) in [5.74, 6) is -0.113. The maximum atomic E-state index is 12.3. The van der Waals surface area contributed by atoms with Gasteiger partial charge >= 0.3 is 0 Å². The van der Waals surface area contributed by atoms with Crippen molar-refractivity contribution < 1.29 is 9.21 Å². The lowest BCUT2D eigenvalue weighted by atomic mass is 10.0. The number of fused-ring (bicyclic) bond motifs is 1. The number of carbonyl (C=O) groups is 1. The maximum Gasteiger partial charge on any atom is 0.251 e. The first-order valence-electron chi connectivity index (χ1n) is 7.91. The van der Waals surface area contributed by atoms with Gasteiger partial charge in [-0.05, 0) is 35.9 Å². The van der Waals surface area contributed by atoms with E-state index in [9.17, 15) is 4.79 Å². The van der Waals surface area contributed by atoms with E-state index in [1.165, 1.54) is 0 Å². The molecule has 4 rings (SSSR count). The van der Waals surface area contributed by atoms with Gasteiger partial charge in [0.1, 0.15) is 5.58 Å². The van der Waals surface area contributed by atoms with E-state index in [1.54, 1.807) is 37.0 Å². The fourth-order valence-electron chi connectivity index (χ4n) is 2.77. The van der Waals surface area contributed by atoms with E-state index in [1.807, 2.05) is 36.4 Å². The summed E-state index contributed by atoms with van der Waals surface area (Å²) in [4.78, 5) is 21.0. The van der Waals surface area contributed by atoms with Crippen molar-refractivity contribution in [1.82, 2.24) is 15.3 Å². The van der Waals surface area contributed by atoms with Gasteiger partial charge in [-0.25, -0.2) is 0 Å². The van der Waals surface area contributed by atoms with Gasteiger partial charge in [-0.1, -0.05) is 18.2 Å². The molecule has 0 unspecified atom stereocenters. The Hall–Kier alpha value is -3.47. The van der Waals surface area contributed by atoms with Crippen LogP contribution in [0, 0.1) is 0 Å². The normalized spacial score (nSPS) is 10.7. The Kier molecular flexibility index (Phi) is 3.96. The molecule has 1 N–H and O–H groups in total. The van der Waals surface area contributed by atoms with Gasteiger partial charge in [0, 0.05) is 41.6 Å². The molecule has 5 nitrogen and oxygen atoms in total. The first-order chi connectivity index (χ1) is 12.3. The van der Waals surface area contributed by atoms with Crippen molar-refractivity contribution in [2.75, 3.05) is 0 Å². The highest BCUT2D eigenvalue weighted by atomic mass is 16.3. The number of rotatable bonds is 4. The van der Waals surface area contributed by atoms with E-state index in [-0.39, 0.29) is 5.91 Å². The third kappa shape index (κ3) is 2.99. The summed E-state index contributed by atoms with van der Waals surface area (Å²) in [7, 11) is 0. The second-order valence-corrected chi connectivity index (χ2v) is 5.57. The number of hydrogen-bond acceptors (Lipinski definition) is 4. The average molecular weight is 329 g/mol. The zero-order chi connectivity index (χ0) is 17.1. The van der Waals surface area contributed by atoms with Crippen LogP contribution >= 0.6 is 0 Å². The lowest BCUT2D eigenvalue weighted by molar-refractivity contribution is 0.0951. The van der Waals surface area contributed by atoms with Crippen molar-refractivity contribution >= 4 is 16.9 Å². The van der Waals surface area contributed by atoms with E-state index in [2.05, 4.69) is 15.3 Å². The summed E-state index contributed by atoms with van der Waals surface area (Å²) in [5, 5.41) is 3.87. The molecule has 122 valence electrons. The zero-order valence-electron chi connectivity index (χ0n) is 13.3. The predicted octanol–water partition coefficient (Wildman–Crippen LogP) is 3.82.